The van der Waals surface area contributed by atoms with E-state index in [1.165, 1.54) is 5.56 Å². The summed E-state index contributed by atoms with van der Waals surface area (Å²) >= 11 is 0. The van der Waals surface area contributed by atoms with E-state index >= 15 is 0 Å². The van der Waals surface area contributed by atoms with Crippen LogP contribution in [0.2, 0.25) is 0 Å². The van der Waals surface area contributed by atoms with Crippen LogP contribution >= 0.6 is 0 Å². The molecule has 0 aliphatic heterocycles. The van der Waals surface area contributed by atoms with Gasteiger partial charge in [0.25, 0.3) is 0 Å². The molecule has 4 nitrogen and oxygen atoms in total. The number of rotatable bonds is 9. The van der Waals surface area contributed by atoms with Gasteiger partial charge in [0.05, 0.1) is 6.61 Å². The second kappa shape index (κ2) is 8.73. The van der Waals surface area contributed by atoms with Crippen molar-refractivity contribution in [1.82, 2.24) is 5.32 Å². The van der Waals surface area contributed by atoms with Crippen LogP contribution in [0.4, 0.5) is 0 Å². The number of hydrogen-bond acceptors (Lipinski definition) is 3. The Balaban J connectivity index is 1.90. The molecule has 0 unspecified atom stereocenters. The molecule has 0 aliphatic rings. The normalized spacial score (nSPS) is 10.4. The first kappa shape index (κ1) is 13.7. The molecule has 1 rings (SSSR count). The van der Waals surface area contributed by atoms with Crippen molar-refractivity contribution in [3.63, 3.8) is 0 Å². The van der Waals surface area contributed by atoms with Crippen LogP contribution in [0.5, 0.6) is 0 Å². The zero-order valence-electron chi connectivity index (χ0n) is 10.0. The van der Waals surface area contributed by atoms with E-state index < -0.39 is 0 Å². The van der Waals surface area contributed by atoms with E-state index in [1.54, 1.807) is 0 Å². The lowest BCUT2D eigenvalue weighted by Gasteiger charge is -2.05. The number of carbonyl (C=O) groups excluding carboxylic acids is 1. The molecule has 17 heavy (non-hydrogen) atoms. The predicted octanol–water partition coefficient (Wildman–Crippen LogP) is 1.06. The molecular weight excluding hydrogens is 216 g/mol. The number of amides is 1. The molecule has 4 heteroatoms. The van der Waals surface area contributed by atoms with Gasteiger partial charge in [-0.1, -0.05) is 30.3 Å². The predicted molar refractivity (Wildman–Crippen MR) is 67.4 cm³/mol. The van der Waals surface area contributed by atoms with Gasteiger partial charge in [0.2, 0.25) is 5.91 Å². The third-order valence-electron chi connectivity index (χ3n) is 2.31. The lowest BCUT2D eigenvalue weighted by atomic mass is 10.2. The molecule has 0 heterocycles. The molecule has 94 valence electrons. The van der Waals surface area contributed by atoms with Crippen LogP contribution < -0.4 is 11.1 Å². The van der Waals surface area contributed by atoms with Gasteiger partial charge in [-0.15, -0.1) is 0 Å². The van der Waals surface area contributed by atoms with Gasteiger partial charge in [-0.25, -0.2) is 0 Å². The number of nitrogens with two attached hydrogens (primary N) is 1. The van der Waals surface area contributed by atoms with E-state index in [1.807, 2.05) is 18.2 Å². The van der Waals surface area contributed by atoms with Gasteiger partial charge in [-0.3, -0.25) is 4.79 Å². The van der Waals surface area contributed by atoms with Gasteiger partial charge in [-0.2, -0.15) is 0 Å². The maximum Gasteiger partial charge on any atom is 0.219 e. The van der Waals surface area contributed by atoms with Crippen LogP contribution in [0.3, 0.4) is 0 Å². The number of hydrogen-bond donors (Lipinski definition) is 2. The summed E-state index contributed by atoms with van der Waals surface area (Å²) in [4.78, 5) is 10.4. The first-order valence-electron chi connectivity index (χ1n) is 5.90. The molecule has 0 atom stereocenters. The maximum atomic E-state index is 10.4. The minimum absolute atomic E-state index is 0.303. The topological polar surface area (TPSA) is 64.4 Å². The summed E-state index contributed by atoms with van der Waals surface area (Å²) in [5.74, 6) is -0.313. The molecule has 1 amide bonds. The summed E-state index contributed by atoms with van der Waals surface area (Å²) in [6, 6.07) is 10.3. The maximum absolute atomic E-state index is 10.4. The minimum atomic E-state index is -0.313. The molecule has 0 bridgehead atoms. The molecule has 0 saturated carbocycles. The molecule has 1 aromatic carbocycles. The molecule has 0 saturated heterocycles. The summed E-state index contributed by atoms with van der Waals surface area (Å²) in [5, 5.41) is 3.33. The Labute approximate surface area is 102 Å². The fourth-order valence-corrected chi connectivity index (χ4v) is 1.40. The molecule has 3 N–H and O–H groups in total. The Morgan fingerprint density at radius 3 is 2.71 bits per heavy atom. The Bertz CT molecular complexity index is 314. The number of nitrogens with one attached hydrogen (secondary N) is 1. The molecular formula is C13H20N2O2. The summed E-state index contributed by atoms with van der Waals surface area (Å²) < 4.78 is 5.26. The largest absolute Gasteiger partial charge is 0.381 e. The average Bonchev–Trinajstić information content (AvgIpc) is 2.33. The fraction of sp³-hybridized carbons (Fsp3) is 0.462. The number of carbonyl (C=O) groups is 1. The van der Waals surface area contributed by atoms with Crippen LogP contribution in [0, 0.1) is 0 Å². The van der Waals surface area contributed by atoms with Crippen LogP contribution in [0.15, 0.2) is 30.3 Å². The summed E-state index contributed by atoms with van der Waals surface area (Å²) in [7, 11) is 0. The van der Waals surface area contributed by atoms with Gasteiger partial charge in [0.1, 0.15) is 0 Å². The van der Waals surface area contributed by atoms with Crippen LogP contribution in [0.1, 0.15) is 18.4 Å². The number of benzene rings is 1. The quantitative estimate of drug-likeness (QED) is 0.630. The molecule has 0 aromatic heterocycles. The Morgan fingerprint density at radius 2 is 2.00 bits per heavy atom. The monoisotopic (exact) mass is 236 g/mol. The van der Waals surface area contributed by atoms with Crippen LogP contribution in [-0.2, 0) is 16.1 Å². The standard InChI is InChI=1S/C13H20N2O2/c14-13(16)7-10-17-9-4-8-15-11-12-5-2-1-3-6-12/h1-3,5-6,15H,4,7-11H2,(H2,14,16). The van der Waals surface area contributed by atoms with Crippen LogP contribution in [-0.4, -0.2) is 25.7 Å². The first-order valence-corrected chi connectivity index (χ1v) is 5.90. The Morgan fingerprint density at radius 1 is 1.24 bits per heavy atom. The Kier molecular flexibility index (Phi) is 7.02. The number of primary amides is 1. The average molecular weight is 236 g/mol. The van der Waals surface area contributed by atoms with Gasteiger partial charge < -0.3 is 15.8 Å². The van der Waals surface area contributed by atoms with E-state index in [4.69, 9.17) is 10.5 Å². The van der Waals surface area contributed by atoms with E-state index in [0.29, 0.717) is 19.6 Å². The van der Waals surface area contributed by atoms with E-state index in [0.717, 1.165) is 19.5 Å². The minimum Gasteiger partial charge on any atom is -0.381 e. The van der Waals surface area contributed by atoms with Gasteiger partial charge in [0, 0.05) is 19.6 Å². The highest BCUT2D eigenvalue weighted by atomic mass is 16.5. The van der Waals surface area contributed by atoms with Crippen molar-refractivity contribution >= 4 is 5.91 Å². The molecule has 0 radical (unpaired) electrons. The van der Waals surface area contributed by atoms with E-state index in [-0.39, 0.29) is 5.91 Å². The molecule has 0 aliphatic carbocycles. The third kappa shape index (κ3) is 7.49. The van der Waals surface area contributed by atoms with Crippen molar-refractivity contribution in [1.29, 1.82) is 0 Å². The summed E-state index contributed by atoms with van der Waals surface area (Å²) in [6.45, 7) is 2.87. The van der Waals surface area contributed by atoms with Crippen molar-refractivity contribution in [2.75, 3.05) is 19.8 Å². The fourth-order valence-electron chi connectivity index (χ4n) is 1.40. The smallest absolute Gasteiger partial charge is 0.219 e. The second-order valence-electron chi connectivity index (χ2n) is 3.84. The van der Waals surface area contributed by atoms with Gasteiger partial charge in [0.15, 0.2) is 0 Å². The van der Waals surface area contributed by atoms with Gasteiger partial charge >= 0.3 is 0 Å². The van der Waals surface area contributed by atoms with Gasteiger partial charge in [-0.05, 0) is 18.5 Å². The first-order chi connectivity index (χ1) is 8.29. The molecule has 0 spiro atoms. The SMILES string of the molecule is NC(=O)CCOCCCNCc1ccccc1. The zero-order valence-corrected chi connectivity index (χ0v) is 10.0. The van der Waals surface area contributed by atoms with Crippen LogP contribution in [0.25, 0.3) is 0 Å². The second-order valence-corrected chi connectivity index (χ2v) is 3.84. The highest BCUT2D eigenvalue weighted by molar-refractivity contribution is 5.73. The number of ether oxygens (including phenoxy) is 1. The highest BCUT2D eigenvalue weighted by Crippen LogP contribution is 1.96. The zero-order chi connectivity index (χ0) is 12.3. The summed E-state index contributed by atoms with van der Waals surface area (Å²) in [5.41, 5.74) is 6.27. The van der Waals surface area contributed by atoms with Crippen molar-refractivity contribution in [2.45, 2.75) is 19.4 Å². The lowest BCUT2D eigenvalue weighted by molar-refractivity contribution is -0.119. The molecule has 0 fully saturated rings. The van der Waals surface area contributed by atoms with E-state index in [2.05, 4.69) is 17.4 Å². The third-order valence-corrected chi connectivity index (χ3v) is 2.31. The van der Waals surface area contributed by atoms with Crippen molar-refractivity contribution in [3.8, 4) is 0 Å². The molecule has 1 aromatic rings. The highest BCUT2D eigenvalue weighted by Gasteiger charge is 1.94. The Hall–Kier alpha value is -1.39. The van der Waals surface area contributed by atoms with Crippen molar-refractivity contribution in [3.05, 3.63) is 35.9 Å². The lowest BCUT2D eigenvalue weighted by Crippen LogP contribution is -2.17. The van der Waals surface area contributed by atoms with E-state index in [9.17, 15) is 4.79 Å². The van der Waals surface area contributed by atoms with Crippen molar-refractivity contribution in [2.24, 2.45) is 5.73 Å². The summed E-state index contributed by atoms with van der Waals surface area (Å²) in [6.07, 6.45) is 1.24. The van der Waals surface area contributed by atoms with Crippen molar-refractivity contribution < 1.29 is 9.53 Å².